The van der Waals surface area contributed by atoms with Crippen molar-refractivity contribution in [2.24, 2.45) is 11.8 Å². The van der Waals surface area contributed by atoms with Crippen LogP contribution in [0.3, 0.4) is 0 Å². The Kier molecular flexibility index (Phi) is 5.49. The van der Waals surface area contributed by atoms with Crippen LogP contribution in [0, 0.1) is 11.8 Å². The zero-order chi connectivity index (χ0) is 14.8. The molecule has 1 saturated heterocycles. The van der Waals surface area contributed by atoms with Crippen molar-refractivity contribution in [2.75, 3.05) is 26.2 Å². The van der Waals surface area contributed by atoms with Gasteiger partial charge in [-0.2, -0.15) is 0 Å². The van der Waals surface area contributed by atoms with Crippen molar-refractivity contribution in [1.82, 2.24) is 10.2 Å². The number of nitrogens with zero attached hydrogens (tertiary/aromatic N) is 1. The van der Waals surface area contributed by atoms with Crippen molar-refractivity contribution in [2.45, 2.75) is 71.6 Å². The fourth-order valence-electron chi connectivity index (χ4n) is 4.02. The Morgan fingerprint density at radius 3 is 2.65 bits per heavy atom. The van der Waals surface area contributed by atoms with E-state index in [9.17, 15) is 0 Å². The normalized spacial score (nSPS) is 35.4. The first kappa shape index (κ1) is 16.3. The van der Waals surface area contributed by atoms with Gasteiger partial charge in [-0.15, -0.1) is 0 Å². The molecule has 1 N–H and O–H groups in total. The molecule has 118 valence electrons. The van der Waals surface area contributed by atoms with Gasteiger partial charge in [0.05, 0.1) is 12.2 Å². The second kappa shape index (κ2) is 6.76. The summed E-state index contributed by atoms with van der Waals surface area (Å²) in [5.41, 5.74) is 0.0137. The second-order valence-electron chi connectivity index (χ2n) is 7.63. The lowest BCUT2D eigenvalue weighted by Crippen LogP contribution is -2.59. The van der Waals surface area contributed by atoms with Crippen molar-refractivity contribution in [1.29, 1.82) is 0 Å². The van der Waals surface area contributed by atoms with Crippen molar-refractivity contribution in [3.63, 3.8) is 0 Å². The lowest BCUT2D eigenvalue weighted by Gasteiger charge is -2.48. The van der Waals surface area contributed by atoms with Crippen LogP contribution >= 0.6 is 0 Å². The van der Waals surface area contributed by atoms with Gasteiger partial charge in [0, 0.05) is 25.2 Å². The van der Waals surface area contributed by atoms with Gasteiger partial charge in [0.2, 0.25) is 0 Å². The third kappa shape index (κ3) is 3.96. The van der Waals surface area contributed by atoms with E-state index in [0.29, 0.717) is 12.1 Å². The Balaban J connectivity index is 2.06. The summed E-state index contributed by atoms with van der Waals surface area (Å²) < 4.78 is 5.89. The van der Waals surface area contributed by atoms with Gasteiger partial charge in [-0.25, -0.2) is 0 Å². The van der Waals surface area contributed by atoms with E-state index in [2.05, 4.69) is 44.8 Å². The van der Waals surface area contributed by atoms with Crippen LogP contribution in [0.15, 0.2) is 0 Å². The minimum Gasteiger partial charge on any atom is -0.373 e. The first-order valence-corrected chi connectivity index (χ1v) is 8.54. The molecule has 3 unspecified atom stereocenters. The SMILES string of the molecule is CCNC1CCC(C(C)C)CC1N1CCOC(C)(C)C1. The quantitative estimate of drug-likeness (QED) is 0.858. The van der Waals surface area contributed by atoms with Crippen LogP contribution in [0.25, 0.3) is 0 Å². The van der Waals surface area contributed by atoms with Crippen molar-refractivity contribution in [3.8, 4) is 0 Å². The van der Waals surface area contributed by atoms with E-state index in [1.165, 1.54) is 19.3 Å². The fourth-order valence-corrected chi connectivity index (χ4v) is 4.02. The van der Waals surface area contributed by atoms with Crippen molar-refractivity contribution < 1.29 is 4.74 Å². The molecule has 3 nitrogen and oxygen atoms in total. The number of rotatable bonds is 4. The minimum atomic E-state index is 0.0137. The van der Waals surface area contributed by atoms with Gasteiger partial charge in [0.25, 0.3) is 0 Å². The van der Waals surface area contributed by atoms with Gasteiger partial charge in [0.15, 0.2) is 0 Å². The molecule has 1 aliphatic heterocycles. The molecule has 0 aromatic heterocycles. The average Bonchev–Trinajstić information content (AvgIpc) is 2.38. The molecule has 20 heavy (non-hydrogen) atoms. The molecule has 0 radical (unpaired) electrons. The van der Waals surface area contributed by atoms with Crippen LogP contribution in [-0.2, 0) is 4.74 Å². The van der Waals surface area contributed by atoms with Crippen LogP contribution in [0.5, 0.6) is 0 Å². The van der Waals surface area contributed by atoms with Gasteiger partial charge < -0.3 is 10.1 Å². The first-order chi connectivity index (χ1) is 9.43. The van der Waals surface area contributed by atoms with E-state index in [4.69, 9.17) is 4.74 Å². The van der Waals surface area contributed by atoms with Crippen LogP contribution in [0.2, 0.25) is 0 Å². The molecule has 0 aromatic rings. The Morgan fingerprint density at radius 2 is 2.05 bits per heavy atom. The maximum Gasteiger partial charge on any atom is 0.0753 e. The van der Waals surface area contributed by atoms with Crippen LogP contribution in [0.1, 0.15) is 53.9 Å². The Bertz CT molecular complexity index is 303. The third-order valence-electron chi connectivity index (χ3n) is 5.19. The highest BCUT2D eigenvalue weighted by Gasteiger charge is 2.38. The van der Waals surface area contributed by atoms with Gasteiger partial charge >= 0.3 is 0 Å². The first-order valence-electron chi connectivity index (χ1n) is 8.54. The summed E-state index contributed by atoms with van der Waals surface area (Å²) in [5, 5.41) is 3.74. The smallest absolute Gasteiger partial charge is 0.0753 e. The molecule has 0 spiro atoms. The highest BCUT2D eigenvalue weighted by Crippen LogP contribution is 2.34. The summed E-state index contributed by atoms with van der Waals surface area (Å²) in [6.45, 7) is 15.6. The summed E-state index contributed by atoms with van der Waals surface area (Å²) in [7, 11) is 0. The van der Waals surface area contributed by atoms with E-state index in [-0.39, 0.29) is 5.60 Å². The number of hydrogen-bond acceptors (Lipinski definition) is 3. The summed E-state index contributed by atoms with van der Waals surface area (Å²) in [6.07, 6.45) is 4.07. The number of likely N-dealkylation sites (N-methyl/N-ethyl adjacent to an activating group) is 1. The molecular formula is C17H34N2O. The van der Waals surface area contributed by atoms with Crippen molar-refractivity contribution in [3.05, 3.63) is 0 Å². The molecule has 1 aliphatic carbocycles. The average molecular weight is 282 g/mol. The summed E-state index contributed by atoms with van der Waals surface area (Å²) >= 11 is 0. The topological polar surface area (TPSA) is 24.5 Å². The van der Waals surface area contributed by atoms with E-state index < -0.39 is 0 Å². The molecule has 2 aliphatic rings. The zero-order valence-corrected chi connectivity index (χ0v) is 14.1. The fraction of sp³-hybridized carbons (Fsp3) is 1.00. The van der Waals surface area contributed by atoms with Crippen LogP contribution < -0.4 is 5.32 Å². The van der Waals surface area contributed by atoms with Crippen LogP contribution in [0.4, 0.5) is 0 Å². The molecule has 3 atom stereocenters. The molecule has 3 heteroatoms. The number of morpholine rings is 1. The third-order valence-corrected chi connectivity index (χ3v) is 5.19. The van der Waals surface area contributed by atoms with E-state index in [0.717, 1.165) is 38.1 Å². The molecule has 0 bridgehead atoms. The lowest BCUT2D eigenvalue weighted by atomic mass is 9.76. The maximum atomic E-state index is 5.89. The van der Waals surface area contributed by atoms with Crippen molar-refractivity contribution >= 4 is 0 Å². The highest BCUT2D eigenvalue weighted by atomic mass is 16.5. The Labute approximate surface area is 125 Å². The largest absolute Gasteiger partial charge is 0.373 e. The van der Waals surface area contributed by atoms with E-state index >= 15 is 0 Å². The summed E-state index contributed by atoms with van der Waals surface area (Å²) in [6, 6.07) is 1.36. The van der Waals surface area contributed by atoms with Gasteiger partial charge in [0.1, 0.15) is 0 Å². The zero-order valence-electron chi connectivity index (χ0n) is 14.1. The van der Waals surface area contributed by atoms with Gasteiger partial charge in [-0.3, -0.25) is 4.90 Å². The second-order valence-corrected chi connectivity index (χ2v) is 7.63. The summed E-state index contributed by atoms with van der Waals surface area (Å²) in [4.78, 5) is 2.70. The number of nitrogens with one attached hydrogen (secondary N) is 1. The predicted octanol–water partition coefficient (Wildman–Crippen LogP) is 2.90. The monoisotopic (exact) mass is 282 g/mol. The van der Waals surface area contributed by atoms with Gasteiger partial charge in [-0.1, -0.05) is 20.8 Å². The lowest BCUT2D eigenvalue weighted by molar-refractivity contribution is -0.106. The molecule has 2 rings (SSSR count). The Hall–Kier alpha value is -0.120. The minimum absolute atomic E-state index is 0.0137. The number of ether oxygens (including phenoxy) is 1. The van der Waals surface area contributed by atoms with E-state index in [1.807, 2.05) is 0 Å². The predicted molar refractivity (Wildman–Crippen MR) is 85.0 cm³/mol. The molecule has 0 aromatic carbocycles. The molecular weight excluding hydrogens is 248 g/mol. The Morgan fingerprint density at radius 1 is 1.30 bits per heavy atom. The number of hydrogen-bond donors (Lipinski definition) is 1. The summed E-state index contributed by atoms with van der Waals surface area (Å²) in [5.74, 6) is 1.70. The van der Waals surface area contributed by atoms with Gasteiger partial charge in [-0.05, 0) is 51.5 Å². The van der Waals surface area contributed by atoms with E-state index in [1.54, 1.807) is 0 Å². The molecule has 1 heterocycles. The highest BCUT2D eigenvalue weighted by molar-refractivity contribution is 4.94. The standard InChI is InChI=1S/C17H34N2O/c1-6-18-15-8-7-14(13(2)3)11-16(15)19-9-10-20-17(4,5)12-19/h13-16,18H,6-12H2,1-5H3. The molecule has 2 fully saturated rings. The molecule has 1 saturated carbocycles. The maximum absolute atomic E-state index is 5.89. The molecule has 0 amide bonds. The van der Waals surface area contributed by atoms with Crippen LogP contribution in [-0.4, -0.2) is 48.8 Å².